The van der Waals surface area contributed by atoms with E-state index in [0.29, 0.717) is 30.0 Å². The van der Waals surface area contributed by atoms with Gasteiger partial charge in [-0.2, -0.15) is 0 Å². The van der Waals surface area contributed by atoms with Crippen LogP contribution in [0.15, 0.2) is 48.5 Å². The smallest absolute Gasteiger partial charge is 0.246 e. The maximum Gasteiger partial charge on any atom is 0.246 e. The lowest BCUT2D eigenvalue weighted by molar-refractivity contribution is -0.130. The van der Waals surface area contributed by atoms with Crippen molar-refractivity contribution in [3.05, 3.63) is 76.1 Å². The maximum atomic E-state index is 13.2. The van der Waals surface area contributed by atoms with Crippen LogP contribution >= 0.6 is 11.6 Å². The summed E-state index contributed by atoms with van der Waals surface area (Å²) >= 11 is 6.22. The van der Waals surface area contributed by atoms with E-state index in [1.165, 1.54) is 12.1 Å². The van der Waals surface area contributed by atoms with Gasteiger partial charge in [-0.15, -0.1) is 0 Å². The molecule has 0 aromatic heterocycles. The van der Waals surface area contributed by atoms with Crippen LogP contribution in [0.4, 0.5) is 4.39 Å². The highest BCUT2D eigenvalue weighted by Crippen LogP contribution is 2.22. The first-order valence-corrected chi connectivity index (χ1v) is 12.8. The molecule has 1 amide bonds. The summed E-state index contributed by atoms with van der Waals surface area (Å²) in [6.45, 7) is 6.52. The van der Waals surface area contributed by atoms with Crippen molar-refractivity contribution in [1.29, 1.82) is 0 Å². The molecule has 0 saturated carbocycles. The zero-order valence-corrected chi connectivity index (χ0v) is 21.6. The molecule has 2 aromatic carbocycles. The first-order chi connectivity index (χ1) is 17.2. The second-order valence-corrected chi connectivity index (χ2v) is 10.3. The highest BCUT2D eigenvalue weighted by Gasteiger charge is 2.29. The average Bonchev–Trinajstić information content (AvgIpc) is 2.85. The fourth-order valence-corrected chi connectivity index (χ4v) is 4.86. The summed E-state index contributed by atoms with van der Waals surface area (Å²) in [5.41, 5.74) is 1.54. The van der Waals surface area contributed by atoms with Crippen LogP contribution in [0.3, 0.4) is 0 Å². The number of carbonyl (C=O) groups excluding carboxylic acids is 1. The lowest BCUT2D eigenvalue weighted by Gasteiger charge is -2.39. The summed E-state index contributed by atoms with van der Waals surface area (Å²) < 4.78 is 13.2. The van der Waals surface area contributed by atoms with Crippen molar-refractivity contribution < 1.29 is 14.3 Å². The number of halogens is 2. The lowest BCUT2D eigenvalue weighted by Crippen LogP contribution is -2.53. The standard InChI is InChI=1S/C29H33ClFN3O2/c1-22-20-33(21-23-3-8-27(31)9-4-23)17-18-34(22)28(35)10-6-24-5-7-26(30)19-25(24)11-12-29(36)13-15-32(2)16-14-29/h3-10,19,22,36H,13-18,20-21H2,1-2H3/b10-6+/t22-/m1/s1. The Bertz CT molecular complexity index is 1160. The van der Waals surface area contributed by atoms with Crippen LogP contribution in [0.25, 0.3) is 6.08 Å². The monoisotopic (exact) mass is 509 g/mol. The Hall–Kier alpha value is -2.69. The van der Waals surface area contributed by atoms with E-state index in [4.69, 9.17) is 11.6 Å². The van der Waals surface area contributed by atoms with Crippen LogP contribution in [0, 0.1) is 17.7 Å². The van der Waals surface area contributed by atoms with Gasteiger partial charge in [-0.3, -0.25) is 9.69 Å². The van der Waals surface area contributed by atoms with E-state index < -0.39 is 5.60 Å². The molecule has 2 aliphatic rings. The summed E-state index contributed by atoms with van der Waals surface area (Å²) in [6, 6.07) is 12.0. The van der Waals surface area contributed by atoms with Gasteiger partial charge in [0.1, 0.15) is 11.4 Å². The number of amides is 1. The van der Waals surface area contributed by atoms with Gasteiger partial charge >= 0.3 is 0 Å². The number of likely N-dealkylation sites (tertiary alicyclic amines) is 1. The van der Waals surface area contributed by atoms with Crippen LogP contribution in [-0.4, -0.2) is 77.1 Å². The van der Waals surface area contributed by atoms with Gasteiger partial charge in [-0.1, -0.05) is 41.6 Å². The van der Waals surface area contributed by atoms with Crippen molar-refractivity contribution >= 4 is 23.6 Å². The summed E-state index contributed by atoms with van der Waals surface area (Å²) in [7, 11) is 2.04. The summed E-state index contributed by atoms with van der Waals surface area (Å²) in [5.74, 6) is 5.88. The molecule has 2 heterocycles. The van der Waals surface area contributed by atoms with Crippen LogP contribution < -0.4 is 0 Å². The number of nitrogens with zero attached hydrogens (tertiary/aromatic N) is 3. The van der Waals surface area contributed by atoms with Crippen molar-refractivity contribution in [2.24, 2.45) is 0 Å². The van der Waals surface area contributed by atoms with E-state index in [1.807, 2.05) is 24.9 Å². The number of rotatable bonds is 4. The van der Waals surface area contributed by atoms with Gasteiger partial charge in [0.15, 0.2) is 0 Å². The number of piperazine rings is 1. The fourth-order valence-electron chi connectivity index (χ4n) is 4.69. The topological polar surface area (TPSA) is 47.0 Å². The Morgan fingerprint density at radius 2 is 1.89 bits per heavy atom. The fraction of sp³-hybridized carbons (Fsp3) is 0.414. The highest BCUT2D eigenvalue weighted by molar-refractivity contribution is 6.30. The molecular weight excluding hydrogens is 477 g/mol. The Balaban J connectivity index is 1.40. The minimum Gasteiger partial charge on any atom is -0.377 e. The van der Waals surface area contributed by atoms with Crippen molar-refractivity contribution in [3.63, 3.8) is 0 Å². The number of piperidine rings is 1. The van der Waals surface area contributed by atoms with E-state index in [9.17, 15) is 14.3 Å². The van der Waals surface area contributed by atoms with E-state index in [2.05, 4.69) is 21.6 Å². The molecule has 0 unspecified atom stereocenters. The molecule has 0 bridgehead atoms. The predicted octanol–water partition coefficient (Wildman–Crippen LogP) is 4.03. The van der Waals surface area contributed by atoms with E-state index in [1.54, 1.807) is 36.4 Å². The molecule has 0 aliphatic carbocycles. The van der Waals surface area contributed by atoms with Gasteiger partial charge < -0.3 is 14.9 Å². The first kappa shape index (κ1) is 26.4. The Labute approximate surface area is 218 Å². The third-order valence-electron chi connectivity index (χ3n) is 6.98. The van der Waals surface area contributed by atoms with Crippen LogP contribution in [0.2, 0.25) is 5.02 Å². The quantitative estimate of drug-likeness (QED) is 0.499. The van der Waals surface area contributed by atoms with Crippen LogP contribution in [0.5, 0.6) is 0 Å². The average molecular weight is 510 g/mol. The van der Waals surface area contributed by atoms with Gasteiger partial charge in [0.05, 0.1) is 0 Å². The molecule has 0 radical (unpaired) electrons. The highest BCUT2D eigenvalue weighted by atomic mass is 35.5. The second-order valence-electron chi connectivity index (χ2n) is 9.89. The number of benzene rings is 2. The zero-order chi connectivity index (χ0) is 25.7. The molecule has 4 rings (SSSR count). The van der Waals surface area contributed by atoms with Gasteiger partial charge in [0, 0.05) is 74.8 Å². The molecule has 2 aromatic rings. The number of carbonyl (C=O) groups is 1. The maximum absolute atomic E-state index is 13.2. The van der Waals surface area contributed by atoms with Crippen LogP contribution in [-0.2, 0) is 11.3 Å². The normalized spacial score (nSPS) is 20.8. The van der Waals surface area contributed by atoms with Crippen molar-refractivity contribution in [2.45, 2.75) is 38.0 Å². The largest absolute Gasteiger partial charge is 0.377 e. The zero-order valence-electron chi connectivity index (χ0n) is 20.9. The van der Waals surface area contributed by atoms with Gasteiger partial charge in [0.25, 0.3) is 0 Å². The summed E-state index contributed by atoms with van der Waals surface area (Å²) in [4.78, 5) is 19.4. The van der Waals surface area contributed by atoms with E-state index >= 15 is 0 Å². The molecule has 5 nitrogen and oxygen atoms in total. The molecule has 0 spiro atoms. The molecule has 1 atom stereocenters. The minimum atomic E-state index is -1.01. The van der Waals surface area contributed by atoms with Gasteiger partial charge in [0.2, 0.25) is 5.91 Å². The number of hydrogen-bond donors (Lipinski definition) is 1. The molecule has 2 saturated heterocycles. The molecule has 2 aliphatic heterocycles. The molecule has 1 N–H and O–H groups in total. The summed E-state index contributed by atoms with van der Waals surface area (Å²) in [5, 5.41) is 11.4. The van der Waals surface area contributed by atoms with Crippen molar-refractivity contribution in [1.82, 2.24) is 14.7 Å². The molecule has 7 heteroatoms. The van der Waals surface area contributed by atoms with E-state index in [0.717, 1.165) is 43.9 Å². The Morgan fingerprint density at radius 3 is 2.58 bits per heavy atom. The third kappa shape index (κ3) is 6.96. The Morgan fingerprint density at radius 1 is 1.17 bits per heavy atom. The molecule has 36 heavy (non-hydrogen) atoms. The molecule has 2 fully saturated rings. The van der Waals surface area contributed by atoms with Crippen molar-refractivity contribution in [3.8, 4) is 11.8 Å². The van der Waals surface area contributed by atoms with Gasteiger partial charge in [-0.05, 0) is 55.4 Å². The summed E-state index contributed by atoms with van der Waals surface area (Å²) in [6.07, 6.45) is 4.57. The first-order valence-electron chi connectivity index (χ1n) is 12.4. The third-order valence-corrected chi connectivity index (χ3v) is 7.21. The van der Waals surface area contributed by atoms with Crippen LogP contribution in [0.1, 0.15) is 36.5 Å². The molecule has 190 valence electrons. The second kappa shape index (κ2) is 11.6. The number of aliphatic hydroxyl groups is 1. The molecular formula is C29H33ClFN3O2. The minimum absolute atomic E-state index is 0.0493. The number of hydrogen-bond acceptors (Lipinski definition) is 4. The predicted molar refractivity (Wildman–Crippen MR) is 142 cm³/mol. The van der Waals surface area contributed by atoms with Crippen molar-refractivity contribution in [2.75, 3.05) is 39.8 Å². The Kier molecular flexibility index (Phi) is 8.48. The van der Waals surface area contributed by atoms with Gasteiger partial charge in [-0.25, -0.2) is 4.39 Å². The lowest BCUT2D eigenvalue weighted by atomic mass is 9.92. The SMILES string of the molecule is C[C@@H]1CN(Cc2ccc(F)cc2)CCN1C(=O)/C=C/c1ccc(Cl)cc1C#CC1(O)CCN(C)CC1. The van der Waals surface area contributed by atoms with E-state index in [-0.39, 0.29) is 17.8 Å².